The average Bonchev–Trinajstić information content (AvgIpc) is 2.73. The molecule has 1 heterocycles. The van der Waals surface area contributed by atoms with E-state index in [4.69, 9.17) is 11.6 Å². The Hall–Kier alpha value is -1.13. The van der Waals surface area contributed by atoms with Crippen LogP contribution >= 0.6 is 11.6 Å². The summed E-state index contributed by atoms with van der Waals surface area (Å²) >= 11 is 5.92. The number of aliphatic carboxylic acids is 1. The van der Waals surface area contributed by atoms with Gasteiger partial charge in [-0.05, 0) is 31.5 Å². The smallest absolute Gasteiger partial charge is 0.311 e. The normalized spacial score (nSPS) is 23.9. The van der Waals surface area contributed by atoms with E-state index in [1.54, 1.807) is 6.07 Å². The number of halogens is 2. The molecule has 1 fully saturated rings. The fourth-order valence-electron chi connectivity index (χ4n) is 2.19. The fraction of sp³-hybridized carbons (Fsp3) is 0.417. The molecule has 5 heteroatoms. The van der Waals surface area contributed by atoms with Crippen LogP contribution in [0.25, 0.3) is 0 Å². The highest BCUT2D eigenvalue weighted by atomic mass is 35.5. The van der Waals surface area contributed by atoms with Crippen molar-refractivity contribution in [3.8, 4) is 0 Å². The van der Waals surface area contributed by atoms with Crippen LogP contribution < -0.4 is 5.32 Å². The molecule has 1 aliphatic rings. The van der Waals surface area contributed by atoms with E-state index in [9.17, 15) is 14.3 Å². The van der Waals surface area contributed by atoms with Gasteiger partial charge in [0.25, 0.3) is 0 Å². The molecular weight excluding hydrogens is 245 g/mol. The summed E-state index contributed by atoms with van der Waals surface area (Å²) < 4.78 is 13.6. The van der Waals surface area contributed by atoms with Crippen LogP contribution in [0.5, 0.6) is 0 Å². The number of benzene rings is 1. The van der Waals surface area contributed by atoms with Crippen LogP contribution in [0.15, 0.2) is 18.2 Å². The highest BCUT2D eigenvalue weighted by Gasteiger charge is 2.42. The van der Waals surface area contributed by atoms with Gasteiger partial charge in [0.1, 0.15) is 5.82 Å². The molecule has 1 aliphatic heterocycles. The number of carboxylic acid groups (broad SMARTS) is 1. The molecule has 1 atom stereocenters. The molecule has 0 saturated carbocycles. The van der Waals surface area contributed by atoms with E-state index in [0.717, 1.165) is 0 Å². The first-order valence-electron chi connectivity index (χ1n) is 5.42. The van der Waals surface area contributed by atoms with Crippen LogP contribution in [-0.2, 0) is 11.2 Å². The summed E-state index contributed by atoms with van der Waals surface area (Å²) in [6.07, 6.45) is 0.619. The Labute approximate surface area is 104 Å². The zero-order chi connectivity index (χ0) is 12.5. The van der Waals surface area contributed by atoms with Gasteiger partial charge in [0, 0.05) is 17.1 Å². The van der Waals surface area contributed by atoms with Gasteiger partial charge in [-0.15, -0.1) is 0 Å². The Morgan fingerprint density at radius 2 is 2.35 bits per heavy atom. The first-order valence-corrected chi connectivity index (χ1v) is 5.80. The van der Waals surface area contributed by atoms with Crippen molar-refractivity contribution in [2.45, 2.75) is 12.8 Å². The number of nitrogens with one attached hydrogen (secondary N) is 1. The molecule has 0 radical (unpaired) electrons. The third-order valence-electron chi connectivity index (χ3n) is 3.27. The number of carbonyl (C=O) groups is 1. The number of hydrogen-bond acceptors (Lipinski definition) is 2. The Kier molecular flexibility index (Phi) is 3.35. The summed E-state index contributed by atoms with van der Waals surface area (Å²) in [6, 6.07) is 4.40. The predicted molar refractivity (Wildman–Crippen MR) is 62.7 cm³/mol. The van der Waals surface area contributed by atoms with Crippen LogP contribution in [-0.4, -0.2) is 24.2 Å². The second-order valence-corrected chi connectivity index (χ2v) is 4.80. The topological polar surface area (TPSA) is 49.3 Å². The Morgan fingerprint density at radius 3 is 2.88 bits per heavy atom. The van der Waals surface area contributed by atoms with Gasteiger partial charge in [0.2, 0.25) is 0 Å². The lowest BCUT2D eigenvalue weighted by molar-refractivity contribution is -0.147. The molecule has 0 bridgehead atoms. The quantitative estimate of drug-likeness (QED) is 0.872. The molecule has 0 aromatic heterocycles. The van der Waals surface area contributed by atoms with Gasteiger partial charge in [0.15, 0.2) is 0 Å². The maximum absolute atomic E-state index is 13.6. The molecule has 1 unspecified atom stereocenters. The number of rotatable bonds is 3. The summed E-state index contributed by atoms with van der Waals surface area (Å²) in [4.78, 5) is 11.3. The maximum Gasteiger partial charge on any atom is 0.311 e. The Balaban J connectivity index is 2.33. The minimum atomic E-state index is -0.939. The molecule has 92 valence electrons. The molecule has 17 heavy (non-hydrogen) atoms. The van der Waals surface area contributed by atoms with Crippen LogP contribution in [0.3, 0.4) is 0 Å². The van der Waals surface area contributed by atoms with Crippen molar-refractivity contribution < 1.29 is 14.3 Å². The first kappa shape index (κ1) is 12.3. The predicted octanol–water partition coefficient (Wildman–Crippen LogP) is 2.09. The summed E-state index contributed by atoms with van der Waals surface area (Å²) in [5.41, 5.74) is -0.647. The standard InChI is InChI=1S/C12H13ClFNO2/c13-9-2-1-3-10(14)8(9)6-12(11(16)17)4-5-15-7-12/h1-3,15H,4-7H2,(H,16,17). The van der Waals surface area contributed by atoms with E-state index in [1.165, 1.54) is 12.1 Å². The van der Waals surface area contributed by atoms with E-state index in [0.29, 0.717) is 25.1 Å². The molecule has 1 aromatic carbocycles. The van der Waals surface area contributed by atoms with Gasteiger partial charge in [-0.1, -0.05) is 17.7 Å². The van der Waals surface area contributed by atoms with Crippen molar-refractivity contribution in [1.82, 2.24) is 5.32 Å². The van der Waals surface area contributed by atoms with Crippen LogP contribution in [0.4, 0.5) is 4.39 Å². The minimum absolute atomic E-state index is 0.126. The average molecular weight is 258 g/mol. The molecule has 0 spiro atoms. The number of hydrogen-bond donors (Lipinski definition) is 2. The molecule has 0 aliphatic carbocycles. The number of carboxylic acids is 1. The lowest BCUT2D eigenvalue weighted by Crippen LogP contribution is -2.35. The second kappa shape index (κ2) is 4.63. The van der Waals surface area contributed by atoms with E-state index < -0.39 is 17.2 Å². The van der Waals surface area contributed by atoms with Crippen molar-refractivity contribution in [1.29, 1.82) is 0 Å². The van der Waals surface area contributed by atoms with E-state index in [-0.39, 0.29) is 11.4 Å². The van der Waals surface area contributed by atoms with Crippen molar-refractivity contribution >= 4 is 17.6 Å². The second-order valence-electron chi connectivity index (χ2n) is 4.39. The molecule has 1 saturated heterocycles. The lowest BCUT2D eigenvalue weighted by Gasteiger charge is -2.23. The minimum Gasteiger partial charge on any atom is -0.481 e. The van der Waals surface area contributed by atoms with Crippen LogP contribution in [0.1, 0.15) is 12.0 Å². The zero-order valence-corrected chi connectivity index (χ0v) is 9.93. The highest BCUT2D eigenvalue weighted by Crippen LogP contribution is 2.33. The highest BCUT2D eigenvalue weighted by molar-refractivity contribution is 6.31. The van der Waals surface area contributed by atoms with E-state index in [2.05, 4.69) is 5.32 Å². The van der Waals surface area contributed by atoms with Gasteiger partial charge in [-0.25, -0.2) is 4.39 Å². The monoisotopic (exact) mass is 257 g/mol. The van der Waals surface area contributed by atoms with Crippen LogP contribution in [0, 0.1) is 11.2 Å². The summed E-state index contributed by atoms with van der Waals surface area (Å²) in [5, 5.41) is 12.6. The molecular formula is C12H13ClFNO2. The largest absolute Gasteiger partial charge is 0.481 e. The third-order valence-corrected chi connectivity index (χ3v) is 3.63. The van der Waals surface area contributed by atoms with Gasteiger partial charge in [0.05, 0.1) is 5.41 Å². The molecule has 0 amide bonds. The van der Waals surface area contributed by atoms with Gasteiger partial charge < -0.3 is 10.4 Å². The summed E-state index contributed by atoms with van der Waals surface area (Å²) in [5.74, 6) is -1.34. The zero-order valence-electron chi connectivity index (χ0n) is 9.17. The van der Waals surface area contributed by atoms with Gasteiger partial charge >= 0.3 is 5.97 Å². The maximum atomic E-state index is 13.6. The first-order chi connectivity index (χ1) is 8.05. The summed E-state index contributed by atoms with van der Waals surface area (Å²) in [6.45, 7) is 0.991. The van der Waals surface area contributed by atoms with Crippen molar-refractivity contribution in [3.63, 3.8) is 0 Å². The van der Waals surface area contributed by atoms with Gasteiger partial charge in [-0.3, -0.25) is 4.79 Å². The molecule has 2 rings (SSSR count). The van der Waals surface area contributed by atoms with E-state index >= 15 is 0 Å². The Morgan fingerprint density at radius 1 is 1.59 bits per heavy atom. The third kappa shape index (κ3) is 2.28. The van der Waals surface area contributed by atoms with Crippen molar-refractivity contribution in [3.05, 3.63) is 34.6 Å². The lowest BCUT2D eigenvalue weighted by atomic mass is 9.81. The summed E-state index contributed by atoms with van der Waals surface area (Å²) in [7, 11) is 0. The fourth-order valence-corrected chi connectivity index (χ4v) is 2.42. The van der Waals surface area contributed by atoms with Crippen molar-refractivity contribution in [2.75, 3.05) is 13.1 Å². The SMILES string of the molecule is O=C(O)C1(Cc2c(F)cccc2Cl)CCNC1. The van der Waals surface area contributed by atoms with E-state index in [1.807, 2.05) is 0 Å². The molecule has 3 nitrogen and oxygen atoms in total. The molecule has 1 aromatic rings. The molecule has 2 N–H and O–H groups in total. The Bertz CT molecular complexity index is 424. The van der Waals surface area contributed by atoms with Crippen molar-refractivity contribution in [2.24, 2.45) is 5.41 Å². The van der Waals surface area contributed by atoms with Crippen LogP contribution in [0.2, 0.25) is 5.02 Å². The van der Waals surface area contributed by atoms with Gasteiger partial charge in [-0.2, -0.15) is 0 Å².